The first-order valence-electron chi connectivity index (χ1n) is 8.81. The van der Waals surface area contributed by atoms with E-state index < -0.39 is 0 Å². The smallest absolute Gasteiger partial charge is 0.222 e. The monoisotopic (exact) mass is 333 g/mol. The van der Waals surface area contributed by atoms with E-state index in [1.807, 2.05) is 35.2 Å². The van der Waals surface area contributed by atoms with E-state index >= 15 is 0 Å². The number of fused-ring (bicyclic) bond motifs is 1. The van der Waals surface area contributed by atoms with Gasteiger partial charge >= 0.3 is 0 Å². The summed E-state index contributed by atoms with van der Waals surface area (Å²) in [5, 5.41) is 9.77. The Morgan fingerprint density at radius 3 is 2.96 bits per heavy atom. The maximum atomic E-state index is 12.4. The second-order valence-corrected chi connectivity index (χ2v) is 6.97. The molecule has 1 amide bonds. The van der Waals surface area contributed by atoms with Crippen LogP contribution in [0, 0.1) is 11.3 Å². The Kier molecular flexibility index (Phi) is 5.87. The van der Waals surface area contributed by atoms with E-state index in [0.29, 0.717) is 38.7 Å². The van der Waals surface area contributed by atoms with Crippen molar-refractivity contribution in [3.63, 3.8) is 0 Å². The highest BCUT2D eigenvalue weighted by Gasteiger charge is 2.49. The molecule has 2 fully saturated rings. The lowest BCUT2D eigenvalue weighted by atomic mass is 9.76. The SMILES string of the molecule is O=C(CCCOCc1ccccc1)N1C[C@@H]2CCOC[C@]2(CO)C1. The summed E-state index contributed by atoms with van der Waals surface area (Å²) >= 11 is 0. The molecule has 2 heterocycles. The fourth-order valence-corrected chi connectivity index (χ4v) is 3.76. The summed E-state index contributed by atoms with van der Waals surface area (Å²) in [7, 11) is 0. The van der Waals surface area contributed by atoms with Crippen LogP contribution in [-0.4, -0.2) is 55.4 Å². The zero-order valence-electron chi connectivity index (χ0n) is 14.2. The van der Waals surface area contributed by atoms with Gasteiger partial charge in [0.2, 0.25) is 5.91 Å². The summed E-state index contributed by atoms with van der Waals surface area (Å²) in [4.78, 5) is 14.3. The highest BCUT2D eigenvalue weighted by Crippen LogP contribution is 2.41. The number of carbonyl (C=O) groups is 1. The summed E-state index contributed by atoms with van der Waals surface area (Å²) in [5.74, 6) is 0.537. The van der Waals surface area contributed by atoms with E-state index in [4.69, 9.17) is 9.47 Å². The molecular weight excluding hydrogens is 306 g/mol. The van der Waals surface area contributed by atoms with Gasteiger partial charge < -0.3 is 19.5 Å². The summed E-state index contributed by atoms with van der Waals surface area (Å²) in [6.07, 6.45) is 2.17. The molecule has 0 unspecified atom stereocenters. The molecule has 1 aromatic rings. The molecular formula is C19H27NO4. The van der Waals surface area contributed by atoms with Crippen molar-refractivity contribution in [2.24, 2.45) is 11.3 Å². The van der Waals surface area contributed by atoms with Crippen LogP contribution in [0.2, 0.25) is 0 Å². The van der Waals surface area contributed by atoms with Crippen molar-refractivity contribution in [2.75, 3.05) is 39.5 Å². The van der Waals surface area contributed by atoms with Gasteiger partial charge in [0.1, 0.15) is 0 Å². The Labute approximate surface area is 143 Å². The summed E-state index contributed by atoms with van der Waals surface area (Å²) < 4.78 is 11.2. The lowest BCUT2D eigenvalue weighted by molar-refractivity contribution is -0.131. The molecule has 5 heteroatoms. The van der Waals surface area contributed by atoms with Gasteiger partial charge in [-0.2, -0.15) is 0 Å². The molecule has 3 rings (SSSR count). The molecule has 2 saturated heterocycles. The van der Waals surface area contributed by atoms with Gasteiger partial charge in [-0.1, -0.05) is 30.3 Å². The van der Waals surface area contributed by atoms with Crippen molar-refractivity contribution in [2.45, 2.75) is 25.9 Å². The van der Waals surface area contributed by atoms with E-state index in [9.17, 15) is 9.90 Å². The van der Waals surface area contributed by atoms with Crippen molar-refractivity contribution in [3.8, 4) is 0 Å². The molecule has 5 nitrogen and oxygen atoms in total. The third-order valence-electron chi connectivity index (χ3n) is 5.27. The molecule has 24 heavy (non-hydrogen) atoms. The van der Waals surface area contributed by atoms with Gasteiger partial charge in [0.15, 0.2) is 0 Å². The van der Waals surface area contributed by atoms with Crippen LogP contribution in [0.4, 0.5) is 0 Å². The standard InChI is InChI=1S/C19H27NO4/c21-14-19-13-20(11-17(19)8-10-24-15-19)18(22)7-4-9-23-12-16-5-2-1-3-6-16/h1-3,5-6,17,21H,4,7-15H2/t17-,19+/m0/s1. The number of likely N-dealkylation sites (tertiary alicyclic amines) is 1. The summed E-state index contributed by atoms with van der Waals surface area (Å²) in [5.41, 5.74) is 0.912. The molecule has 0 saturated carbocycles. The van der Waals surface area contributed by atoms with E-state index in [1.165, 1.54) is 0 Å². The van der Waals surface area contributed by atoms with E-state index in [2.05, 4.69) is 0 Å². The van der Waals surface area contributed by atoms with Crippen molar-refractivity contribution in [3.05, 3.63) is 35.9 Å². The third-order valence-corrected chi connectivity index (χ3v) is 5.27. The zero-order chi connectivity index (χ0) is 16.8. The first-order chi connectivity index (χ1) is 11.7. The van der Waals surface area contributed by atoms with Crippen LogP contribution >= 0.6 is 0 Å². The molecule has 0 radical (unpaired) electrons. The molecule has 2 aliphatic rings. The maximum Gasteiger partial charge on any atom is 0.222 e. The number of hydrogen-bond donors (Lipinski definition) is 1. The number of hydrogen-bond acceptors (Lipinski definition) is 4. The Morgan fingerprint density at radius 1 is 1.38 bits per heavy atom. The minimum Gasteiger partial charge on any atom is -0.396 e. The van der Waals surface area contributed by atoms with Crippen LogP contribution in [0.3, 0.4) is 0 Å². The number of aliphatic hydroxyl groups excluding tert-OH is 1. The van der Waals surface area contributed by atoms with Crippen molar-refractivity contribution in [1.29, 1.82) is 0 Å². The van der Waals surface area contributed by atoms with Gasteiger partial charge in [-0.15, -0.1) is 0 Å². The predicted octanol–water partition coefficient (Wildman–Crippen LogP) is 1.84. The predicted molar refractivity (Wildman–Crippen MR) is 90.4 cm³/mol. The van der Waals surface area contributed by atoms with Crippen molar-refractivity contribution in [1.82, 2.24) is 4.90 Å². The molecule has 2 aliphatic heterocycles. The van der Waals surface area contributed by atoms with E-state index in [-0.39, 0.29) is 17.9 Å². The Bertz CT molecular complexity index is 535. The number of ether oxygens (including phenoxy) is 2. The number of amides is 1. The minimum atomic E-state index is -0.238. The molecule has 0 bridgehead atoms. The van der Waals surface area contributed by atoms with Gasteiger partial charge in [0.25, 0.3) is 0 Å². The molecule has 1 aromatic carbocycles. The van der Waals surface area contributed by atoms with Gasteiger partial charge in [-0.05, 0) is 24.3 Å². The number of nitrogens with zero attached hydrogens (tertiary/aromatic N) is 1. The summed E-state index contributed by atoms with van der Waals surface area (Å²) in [6.45, 7) is 3.96. The molecule has 0 aliphatic carbocycles. The van der Waals surface area contributed by atoms with Gasteiger partial charge in [0.05, 0.1) is 19.8 Å². The fourth-order valence-electron chi connectivity index (χ4n) is 3.76. The van der Waals surface area contributed by atoms with E-state index in [0.717, 1.165) is 31.6 Å². The molecule has 2 atom stereocenters. The minimum absolute atomic E-state index is 0.0988. The molecule has 132 valence electrons. The van der Waals surface area contributed by atoms with Crippen molar-refractivity contribution < 1.29 is 19.4 Å². The van der Waals surface area contributed by atoms with Gasteiger partial charge in [-0.3, -0.25) is 4.79 Å². The first kappa shape index (κ1) is 17.4. The normalized spacial score (nSPS) is 26.4. The van der Waals surface area contributed by atoms with Crippen LogP contribution in [0.15, 0.2) is 30.3 Å². The summed E-state index contributed by atoms with van der Waals surface area (Å²) in [6, 6.07) is 10.0. The van der Waals surface area contributed by atoms with Gasteiger partial charge in [-0.25, -0.2) is 0 Å². The van der Waals surface area contributed by atoms with Crippen LogP contribution in [0.1, 0.15) is 24.8 Å². The topological polar surface area (TPSA) is 59.0 Å². The van der Waals surface area contributed by atoms with Crippen LogP contribution in [0.5, 0.6) is 0 Å². The van der Waals surface area contributed by atoms with E-state index in [1.54, 1.807) is 0 Å². The fraction of sp³-hybridized carbons (Fsp3) is 0.632. The number of rotatable bonds is 7. The average Bonchev–Trinajstić information content (AvgIpc) is 3.02. The lowest BCUT2D eigenvalue weighted by Crippen LogP contribution is -2.43. The zero-order valence-corrected chi connectivity index (χ0v) is 14.2. The number of carbonyl (C=O) groups excluding carboxylic acids is 1. The van der Waals surface area contributed by atoms with Crippen LogP contribution in [-0.2, 0) is 20.9 Å². The van der Waals surface area contributed by atoms with Gasteiger partial charge in [0, 0.05) is 38.1 Å². The quantitative estimate of drug-likeness (QED) is 0.774. The Hall–Kier alpha value is -1.43. The first-order valence-corrected chi connectivity index (χ1v) is 8.81. The second-order valence-electron chi connectivity index (χ2n) is 6.97. The number of aliphatic hydroxyl groups is 1. The largest absolute Gasteiger partial charge is 0.396 e. The number of benzene rings is 1. The lowest BCUT2D eigenvalue weighted by Gasteiger charge is -2.36. The third kappa shape index (κ3) is 3.97. The van der Waals surface area contributed by atoms with Crippen molar-refractivity contribution >= 4 is 5.91 Å². The second kappa shape index (κ2) is 8.10. The highest BCUT2D eigenvalue weighted by molar-refractivity contribution is 5.76. The molecule has 1 N–H and O–H groups in total. The Morgan fingerprint density at radius 2 is 2.21 bits per heavy atom. The molecule has 0 spiro atoms. The highest BCUT2D eigenvalue weighted by atomic mass is 16.5. The Balaban J connectivity index is 1.38. The maximum absolute atomic E-state index is 12.4. The molecule has 0 aromatic heterocycles. The van der Waals surface area contributed by atoms with Crippen LogP contribution < -0.4 is 0 Å². The van der Waals surface area contributed by atoms with Crippen LogP contribution in [0.25, 0.3) is 0 Å². The average molecular weight is 333 g/mol.